The van der Waals surface area contributed by atoms with Crippen molar-refractivity contribution in [1.82, 2.24) is 9.78 Å². The third-order valence-corrected chi connectivity index (χ3v) is 3.95. The van der Waals surface area contributed by atoms with Gasteiger partial charge in [-0.2, -0.15) is 18.3 Å². The molecule has 1 aromatic heterocycles. The smallest absolute Gasteiger partial charge is 0.372 e. The number of alkyl halides is 3. The normalized spacial score (nSPS) is 14.5. The average molecular weight is 335 g/mol. The lowest BCUT2D eigenvalue weighted by molar-refractivity contribution is -0.143. The molecule has 0 fully saturated rings. The maximum atomic E-state index is 12.4. The van der Waals surface area contributed by atoms with E-state index in [2.05, 4.69) is 5.10 Å². The molecule has 1 heterocycles. The van der Waals surface area contributed by atoms with Gasteiger partial charge in [0, 0.05) is 10.7 Å². The number of halogens is 4. The maximum Gasteiger partial charge on any atom is 0.408 e. The Morgan fingerprint density at radius 1 is 1.50 bits per heavy atom. The zero-order chi connectivity index (χ0) is 15.6. The van der Waals surface area contributed by atoms with Gasteiger partial charge in [0.25, 0.3) is 9.05 Å². The van der Waals surface area contributed by atoms with Crippen molar-refractivity contribution in [2.45, 2.75) is 50.6 Å². The van der Waals surface area contributed by atoms with Crippen molar-refractivity contribution in [3.63, 3.8) is 0 Å². The van der Waals surface area contributed by atoms with Crippen molar-refractivity contribution in [1.29, 1.82) is 0 Å². The van der Waals surface area contributed by atoms with E-state index >= 15 is 0 Å². The Hall–Kier alpha value is -0.800. The van der Waals surface area contributed by atoms with Crippen LogP contribution in [0.3, 0.4) is 0 Å². The van der Waals surface area contributed by atoms with Gasteiger partial charge in [0.15, 0.2) is 0 Å². The average Bonchev–Trinajstić information content (AvgIpc) is 2.66. The Balaban J connectivity index is 3.10. The lowest BCUT2D eigenvalue weighted by Gasteiger charge is -2.14. The van der Waals surface area contributed by atoms with Crippen LogP contribution in [0.5, 0.6) is 0 Å². The second-order valence-corrected chi connectivity index (χ2v) is 6.73. The Morgan fingerprint density at radius 2 is 2.10 bits per heavy atom. The van der Waals surface area contributed by atoms with Gasteiger partial charge in [0.1, 0.15) is 11.4 Å². The van der Waals surface area contributed by atoms with Gasteiger partial charge in [0.2, 0.25) is 0 Å². The number of aromatic nitrogens is 2. The lowest BCUT2D eigenvalue weighted by atomic mass is 10.3. The van der Waals surface area contributed by atoms with E-state index in [1.807, 2.05) is 6.92 Å². The molecule has 1 aromatic rings. The van der Waals surface area contributed by atoms with Gasteiger partial charge in [-0.15, -0.1) is 0 Å². The minimum atomic E-state index is -4.52. The highest BCUT2D eigenvalue weighted by Gasteiger charge is 2.32. The molecule has 0 radical (unpaired) electrons. The molecule has 0 N–H and O–H groups in total. The molecule has 0 bridgehead atoms. The SMILES string of the molecule is CC[C@H](C)OCc1c(S(=O)(=O)Cl)cnn1CC(F)(F)F. The van der Waals surface area contributed by atoms with Crippen molar-refractivity contribution in [2.75, 3.05) is 0 Å². The van der Waals surface area contributed by atoms with Gasteiger partial charge in [0.05, 0.1) is 24.6 Å². The van der Waals surface area contributed by atoms with Crippen molar-refractivity contribution in [2.24, 2.45) is 0 Å². The molecule has 0 spiro atoms. The van der Waals surface area contributed by atoms with Gasteiger partial charge in [-0.05, 0) is 13.3 Å². The summed E-state index contributed by atoms with van der Waals surface area (Å²) in [6, 6.07) is 0. The van der Waals surface area contributed by atoms with Gasteiger partial charge in [-0.3, -0.25) is 4.68 Å². The van der Waals surface area contributed by atoms with Gasteiger partial charge < -0.3 is 4.74 Å². The standard InChI is InChI=1S/C10H14ClF3N2O3S/c1-3-7(2)19-5-8-9(20(11,17)18)4-15-16(8)6-10(12,13)14/h4,7H,3,5-6H2,1-2H3/t7-/m0/s1. The topological polar surface area (TPSA) is 61.2 Å². The summed E-state index contributed by atoms with van der Waals surface area (Å²) in [5, 5.41) is 3.42. The van der Waals surface area contributed by atoms with Crippen LogP contribution in [0.2, 0.25) is 0 Å². The number of hydrogen-bond acceptors (Lipinski definition) is 4. The van der Waals surface area contributed by atoms with E-state index in [-0.39, 0.29) is 18.4 Å². The molecule has 0 aliphatic rings. The van der Waals surface area contributed by atoms with Crippen LogP contribution in [0.25, 0.3) is 0 Å². The molecule has 5 nitrogen and oxygen atoms in total. The van der Waals surface area contributed by atoms with Gasteiger partial charge in [-0.25, -0.2) is 8.42 Å². The third kappa shape index (κ3) is 4.95. The highest BCUT2D eigenvalue weighted by atomic mass is 35.7. The molecule has 0 saturated carbocycles. The molecule has 0 unspecified atom stereocenters. The predicted molar refractivity (Wildman–Crippen MR) is 65.9 cm³/mol. The molecule has 1 atom stereocenters. The van der Waals surface area contributed by atoms with Crippen LogP contribution < -0.4 is 0 Å². The minimum absolute atomic E-state index is 0.211. The summed E-state index contributed by atoms with van der Waals surface area (Å²) in [5.74, 6) is 0. The zero-order valence-electron chi connectivity index (χ0n) is 10.8. The molecular formula is C10H14ClF3N2O3S. The summed E-state index contributed by atoms with van der Waals surface area (Å²) in [5.41, 5.74) is -0.211. The highest BCUT2D eigenvalue weighted by molar-refractivity contribution is 8.13. The van der Waals surface area contributed by atoms with E-state index in [0.717, 1.165) is 6.20 Å². The Bertz CT molecular complexity index is 557. The summed E-state index contributed by atoms with van der Waals surface area (Å²) < 4.78 is 65.7. The van der Waals surface area contributed by atoms with Crippen LogP contribution in [0, 0.1) is 0 Å². The first kappa shape index (κ1) is 17.3. The van der Waals surface area contributed by atoms with Crippen LogP contribution in [0.15, 0.2) is 11.1 Å². The quantitative estimate of drug-likeness (QED) is 0.750. The summed E-state index contributed by atoms with van der Waals surface area (Å²) in [4.78, 5) is -0.466. The Morgan fingerprint density at radius 3 is 2.55 bits per heavy atom. The number of ether oxygens (including phenoxy) is 1. The van der Waals surface area contributed by atoms with Crippen molar-refractivity contribution in [3.8, 4) is 0 Å². The van der Waals surface area contributed by atoms with Crippen LogP contribution in [0.4, 0.5) is 13.2 Å². The summed E-state index contributed by atoms with van der Waals surface area (Å²) in [6.07, 6.45) is -3.32. The van der Waals surface area contributed by atoms with Crippen molar-refractivity contribution < 1.29 is 26.3 Å². The molecule has 0 saturated heterocycles. The van der Waals surface area contributed by atoms with E-state index in [9.17, 15) is 21.6 Å². The fourth-order valence-electron chi connectivity index (χ4n) is 1.39. The molecule has 0 aliphatic carbocycles. The van der Waals surface area contributed by atoms with E-state index in [4.69, 9.17) is 15.4 Å². The second kappa shape index (κ2) is 6.31. The molecule has 116 valence electrons. The Kier molecular flexibility index (Phi) is 5.45. The summed E-state index contributed by atoms with van der Waals surface area (Å²) in [6.45, 7) is 1.83. The fraction of sp³-hybridized carbons (Fsp3) is 0.700. The molecule has 0 aromatic carbocycles. The fourth-order valence-corrected chi connectivity index (χ4v) is 2.39. The van der Waals surface area contributed by atoms with E-state index < -0.39 is 26.7 Å². The van der Waals surface area contributed by atoms with E-state index in [1.54, 1.807) is 6.92 Å². The second-order valence-electron chi connectivity index (χ2n) is 4.20. The zero-order valence-corrected chi connectivity index (χ0v) is 12.4. The first-order valence-electron chi connectivity index (χ1n) is 5.72. The van der Waals surface area contributed by atoms with Crippen LogP contribution in [-0.2, 0) is 26.9 Å². The predicted octanol–water partition coefficient (Wildman–Crippen LogP) is 2.69. The van der Waals surface area contributed by atoms with Gasteiger partial charge in [-0.1, -0.05) is 6.92 Å². The largest absolute Gasteiger partial charge is 0.408 e. The van der Waals surface area contributed by atoms with E-state index in [0.29, 0.717) is 11.1 Å². The van der Waals surface area contributed by atoms with Crippen LogP contribution >= 0.6 is 10.7 Å². The molecular weight excluding hydrogens is 321 g/mol. The van der Waals surface area contributed by atoms with Crippen molar-refractivity contribution >= 4 is 19.7 Å². The molecule has 1 rings (SSSR count). The number of hydrogen-bond donors (Lipinski definition) is 0. The molecule has 0 amide bonds. The van der Waals surface area contributed by atoms with Crippen LogP contribution in [0.1, 0.15) is 26.0 Å². The first-order valence-corrected chi connectivity index (χ1v) is 8.03. The molecule has 10 heteroatoms. The number of rotatable bonds is 6. The van der Waals surface area contributed by atoms with Gasteiger partial charge >= 0.3 is 6.18 Å². The number of nitrogens with zero attached hydrogens (tertiary/aromatic N) is 2. The monoisotopic (exact) mass is 334 g/mol. The first-order chi connectivity index (χ1) is 9.04. The highest BCUT2D eigenvalue weighted by Crippen LogP contribution is 2.24. The Labute approximate surface area is 119 Å². The van der Waals surface area contributed by atoms with Crippen LogP contribution in [-0.4, -0.2) is 30.5 Å². The van der Waals surface area contributed by atoms with Crippen molar-refractivity contribution in [3.05, 3.63) is 11.9 Å². The minimum Gasteiger partial charge on any atom is -0.372 e. The molecule has 0 aliphatic heterocycles. The third-order valence-electron chi connectivity index (χ3n) is 2.58. The summed E-state index contributed by atoms with van der Waals surface area (Å²) >= 11 is 0. The van der Waals surface area contributed by atoms with E-state index in [1.165, 1.54) is 0 Å². The maximum absolute atomic E-state index is 12.4. The summed E-state index contributed by atoms with van der Waals surface area (Å²) in [7, 11) is 0.998. The lowest BCUT2D eigenvalue weighted by Crippen LogP contribution is -2.21. The molecule has 20 heavy (non-hydrogen) atoms.